The third-order valence-corrected chi connectivity index (χ3v) is 3.59. The Labute approximate surface area is 126 Å². The van der Waals surface area contributed by atoms with Crippen molar-refractivity contribution in [2.24, 2.45) is 0 Å². The molecule has 0 saturated heterocycles. The fourth-order valence-electron chi connectivity index (χ4n) is 2.15. The largest absolute Gasteiger partial charge is 0.497 e. The second-order valence-electron chi connectivity index (χ2n) is 5.02. The summed E-state index contributed by atoms with van der Waals surface area (Å²) in [5.74, 6) is 0.666. The van der Waals surface area contributed by atoms with Crippen molar-refractivity contribution in [3.05, 3.63) is 65.2 Å². The Bertz CT molecular complexity index is 588. The molecule has 0 aliphatic carbocycles. The van der Waals surface area contributed by atoms with Crippen molar-refractivity contribution in [3.8, 4) is 5.75 Å². The molecule has 0 saturated carbocycles. The molecule has 0 bridgehead atoms. The summed E-state index contributed by atoms with van der Waals surface area (Å²) in [6.45, 7) is 4.12. The summed E-state index contributed by atoms with van der Waals surface area (Å²) in [6.07, 6.45) is 1.02. The van der Waals surface area contributed by atoms with Crippen LogP contribution in [0.15, 0.2) is 48.5 Å². The lowest BCUT2D eigenvalue weighted by Gasteiger charge is -2.15. The zero-order chi connectivity index (χ0) is 15.2. The Kier molecular flexibility index (Phi) is 4.99. The van der Waals surface area contributed by atoms with E-state index >= 15 is 0 Å². The van der Waals surface area contributed by atoms with Gasteiger partial charge in [0.15, 0.2) is 0 Å². The molecule has 2 aromatic rings. The second-order valence-corrected chi connectivity index (χ2v) is 5.02. The van der Waals surface area contributed by atoms with E-state index in [1.807, 2.05) is 6.92 Å². The Hall–Kier alpha value is -2.29. The van der Waals surface area contributed by atoms with Crippen LogP contribution in [0.4, 0.5) is 0 Å². The van der Waals surface area contributed by atoms with E-state index in [-0.39, 0.29) is 11.9 Å². The molecule has 21 heavy (non-hydrogen) atoms. The molecule has 1 unspecified atom stereocenters. The van der Waals surface area contributed by atoms with Crippen molar-refractivity contribution in [2.75, 3.05) is 7.11 Å². The van der Waals surface area contributed by atoms with Crippen LogP contribution in [0.2, 0.25) is 0 Å². The van der Waals surface area contributed by atoms with Crippen molar-refractivity contribution in [1.82, 2.24) is 5.32 Å². The van der Waals surface area contributed by atoms with Gasteiger partial charge in [0, 0.05) is 5.56 Å². The molecule has 0 heterocycles. The number of rotatable bonds is 5. The number of aryl methyl sites for hydroxylation is 1. The average molecular weight is 283 g/mol. The van der Waals surface area contributed by atoms with Crippen LogP contribution in [0.3, 0.4) is 0 Å². The van der Waals surface area contributed by atoms with E-state index < -0.39 is 0 Å². The fourth-order valence-corrected chi connectivity index (χ4v) is 2.15. The molecule has 110 valence electrons. The number of carbonyl (C=O) groups excluding carboxylic acids is 1. The van der Waals surface area contributed by atoms with Crippen molar-refractivity contribution in [3.63, 3.8) is 0 Å². The molecule has 2 aromatic carbocycles. The van der Waals surface area contributed by atoms with Crippen LogP contribution in [0.1, 0.15) is 41.4 Å². The lowest BCUT2D eigenvalue weighted by Crippen LogP contribution is -2.26. The molecule has 0 aliphatic rings. The number of hydrogen-bond donors (Lipinski definition) is 1. The summed E-state index contributed by atoms with van der Waals surface area (Å²) in [6, 6.07) is 15.4. The van der Waals surface area contributed by atoms with E-state index in [0.29, 0.717) is 5.56 Å². The Morgan fingerprint density at radius 1 is 1.10 bits per heavy atom. The fraction of sp³-hybridized carbons (Fsp3) is 0.278. The molecular weight excluding hydrogens is 262 g/mol. The molecule has 0 radical (unpaired) electrons. The quantitative estimate of drug-likeness (QED) is 0.907. The normalized spacial score (nSPS) is 11.8. The topological polar surface area (TPSA) is 38.3 Å². The highest BCUT2D eigenvalue weighted by Gasteiger charge is 2.11. The van der Waals surface area contributed by atoms with Gasteiger partial charge in [-0.25, -0.2) is 0 Å². The van der Waals surface area contributed by atoms with Crippen LogP contribution in [0, 0.1) is 0 Å². The molecule has 1 amide bonds. The second kappa shape index (κ2) is 6.93. The monoisotopic (exact) mass is 283 g/mol. The van der Waals surface area contributed by atoms with Crippen molar-refractivity contribution >= 4 is 5.91 Å². The first kappa shape index (κ1) is 15.1. The van der Waals surface area contributed by atoms with Crippen LogP contribution < -0.4 is 10.1 Å². The van der Waals surface area contributed by atoms with Crippen molar-refractivity contribution in [2.45, 2.75) is 26.3 Å². The highest BCUT2D eigenvalue weighted by molar-refractivity contribution is 5.94. The van der Waals surface area contributed by atoms with E-state index in [4.69, 9.17) is 4.74 Å². The maximum atomic E-state index is 12.2. The molecule has 0 aliphatic heterocycles. The predicted octanol–water partition coefficient (Wildman–Crippen LogP) is 3.75. The van der Waals surface area contributed by atoms with Gasteiger partial charge in [0.05, 0.1) is 13.2 Å². The third kappa shape index (κ3) is 3.85. The van der Waals surface area contributed by atoms with Gasteiger partial charge in [-0.3, -0.25) is 4.79 Å². The SMILES string of the molecule is CCc1ccc(C(C)NC(=O)c2ccc(OC)cc2)cc1. The van der Waals surface area contributed by atoms with E-state index in [0.717, 1.165) is 17.7 Å². The van der Waals surface area contributed by atoms with Crippen LogP contribution in [-0.2, 0) is 6.42 Å². The minimum atomic E-state index is -0.0790. The van der Waals surface area contributed by atoms with E-state index in [2.05, 4.69) is 36.5 Å². The van der Waals surface area contributed by atoms with Gasteiger partial charge in [-0.2, -0.15) is 0 Å². The molecule has 0 fully saturated rings. The van der Waals surface area contributed by atoms with Crippen molar-refractivity contribution < 1.29 is 9.53 Å². The first-order valence-corrected chi connectivity index (χ1v) is 7.17. The predicted molar refractivity (Wildman–Crippen MR) is 84.7 cm³/mol. The number of methoxy groups -OCH3 is 1. The Morgan fingerprint density at radius 2 is 1.71 bits per heavy atom. The zero-order valence-corrected chi connectivity index (χ0v) is 12.7. The summed E-state index contributed by atoms with van der Waals surface area (Å²) in [7, 11) is 1.61. The number of amides is 1. The van der Waals surface area contributed by atoms with Gasteiger partial charge in [-0.15, -0.1) is 0 Å². The lowest BCUT2D eigenvalue weighted by molar-refractivity contribution is 0.0940. The third-order valence-electron chi connectivity index (χ3n) is 3.59. The standard InChI is InChI=1S/C18H21NO2/c1-4-14-5-7-15(8-6-14)13(2)19-18(20)16-9-11-17(21-3)12-10-16/h5-13H,4H2,1-3H3,(H,19,20). The van der Waals surface area contributed by atoms with Gasteiger partial charge in [0.1, 0.15) is 5.75 Å². The maximum absolute atomic E-state index is 12.2. The highest BCUT2D eigenvalue weighted by atomic mass is 16.5. The van der Waals surface area contributed by atoms with Crippen molar-refractivity contribution in [1.29, 1.82) is 0 Å². The summed E-state index contributed by atoms with van der Waals surface area (Å²) < 4.78 is 5.09. The van der Waals surface area contributed by atoms with Gasteiger partial charge < -0.3 is 10.1 Å². The molecule has 0 aromatic heterocycles. The molecule has 0 spiro atoms. The first-order chi connectivity index (χ1) is 10.1. The molecule has 3 nitrogen and oxygen atoms in total. The molecule has 3 heteroatoms. The van der Waals surface area contributed by atoms with Gasteiger partial charge in [0.25, 0.3) is 5.91 Å². The Morgan fingerprint density at radius 3 is 2.24 bits per heavy atom. The van der Waals surface area contributed by atoms with Gasteiger partial charge >= 0.3 is 0 Å². The number of ether oxygens (including phenoxy) is 1. The smallest absolute Gasteiger partial charge is 0.251 e. The Balaban J connectivity index is 2.03. The van der Waals surface area contributed by atoms with Crippen LogP contribution in [0.5, 0.6) is 5.75 Å². The highest BCUT2D eigenvalue weighted by Crippen LogP contribution is 2.16. The van der Waals surface area contributed by atoms with Gasteiger partial charge in [0.2, 0.25) is 0 Å². The average Bonchev–Trinajstić information content (AvgIpc) is 2.55. The summed E-state index contributed by atoms with van der Waals surface area (Å²) in [5, 5.41) is 3.01. The van der Waals surface area contributed by atoms with Crippen LogP contribution in [-0.4, -0.2) is 13.0 Å². The summed E-state index contributed by atoms with van der Waals surface area (Å²) in [4.78, 5) is 12.2. The molecule has 1 atom stereocenters. The molecule has 2 rings (SSSR count). The number of nitrogens with one attached hydrogen (secondary N) is 1. The molecular formula is C18H21NO2. The minimum absolute atomic E-state index is 0.0227. The van der Waals surface area contributed by atoms with Gasteiger partial charge in [-0.05, 0) is 48.7 Å². The van der Waals surface area contributed by atoms with Crippen LogP contribution in [0.25, 0.3) is 0 Å². The number of hydrogen-bond acceptors (Lipinski definition) is 2. The van der Waals surface area contributed by atoms with Gasteiger partial charge in [-0.1, -0.05) is 31.2 Å². The van der Waals surface area contributed by atoms with E-state index in [9.17, 15) is 4.79 Å². The minimum Gasteiger partial charge on any atom is -0.497 e. The first-order valence-electron chi connectivity index (χ1n) is 7.17. The lowest BCUT2D eigenvalue weighted by atomic mass is 10.0. The number of benzene rings is 2. The van der Waals surface area contributed by atoms with E-state index in [1.54, 1.807) is 31.4 Å². The number of carbonyl (C=O) groups is 1. The van der Waals surface area contributed by atoms with E-state index in [1.165, 1.54) is 5.56 Å². The summed E-state index contributed by atoms with van der Waals surface area (Å²) >= 11 is 0. The maximum Gasteiger partial charge on any atom is 0.251 e. The van der Waals surface area contributed by atoms with Crippen LogP contribution >= 0.6 is 0 Å². The summed E-state index contributed by atoms with van der Waals surface area (Å²) in [5.41, 5.74) is 3.04. The zero-order valence-electron chi connectivity index (χ0n) is 12.7. The molecule has 1 N–H and O–H groups in total.